The second-order valence-corrected chi connectivity index (χ2v) is 6.67. The highest BCUT2D eigenvalue weighted by molar-refractivity contribution is 5.76. The summed E-state index contributed by atoms with van der Waals surface area (Å²) >= 11 is 0. The van der Waals surface area contributed by atoms with E-state index in [0.29, 0.717) is 25.3 Å². The molecule has 0 radical (unpaired) electrons. The van der Waals surface area contributed by atoms with E-state index in [1.807, 2.05) is 4.90 Å². The number of terminal acetylenes is 1. The Labute approximate surface area is 138 Å². The molecule has 1 amide bonds. The number of morpholine rings is 1. The first-order chi connectivity index (χ1) is 11.2. The van der Waals surface area contributed by atoms with Crippen LogP contribution in [-0.2, 0) is 9.53 Å². The monoisotopic (exact) mass is 318 g/mol. The summed E-state index contributed by atoms with van der Waals surface area (Å²) in [5.41, 5.74) is -0.346. The van der Waals surface area contributed by atoms with Gasteiger partial charge >= 0.3 is 0 Å². The van der Waals surface area contributed by atoms with Gasteiger partial charge in [0.15, 0.2) is 5.66 Å². The Bertz CT molecular complexity index is 487. The Morgan fingerprint density at radius 3 is 2.74 bits per heavy atom. The molecule has 3 heterocycles. The third kappa shape index (κ3) is 4.30. The van der Waals surface area contributed by atoms with Crippen molar-refractivity contribution in [3.8, 4) is 12.3 Å². The Morgan fingerprint density at radius 1 is 1.26 bits per heavy atom. The topological polar surface area (TPSA) is 57.5 Å². The SMILES string of the molecule is C#CCCC1(CCC(=O)N2CCCC(N3CCOCC3)C2)N=N1. The van der Waals surface area contributed by atoms with Crippen molar-refractivity contribution in [1.82, 2.24) is 9.80 Å². The van der Waals surface area contributed by atoms with Gasteiger partial charge in [0.1, 0.15) is 0 Å². The van der Waals surface area contributed by atoms with Crippen LogP contribution in [0, 0.1) is 12.3 Å². The number of rotatable bonds is 6. The van der Waals surface area contributed by atoms with E-state index < -0.39 is 0 Å². The van der Waals surface area contributed by atoms with Crippen LogP contribution in [0.3, 0.4) is 0 Å². The van der Waals surface area contributed by atoms with Crippen LogP contribution in [0.5, 0.6) is 0 Å². The molecule has 2 fully saturated rings. The molecular weight excluding hydrogens is 292 g/mol. The Kier molecular flexibility index (Phi) is 5.29. The fraction of sp³-hybridized carbons (Fsp3) is 0.824. The molecule has 0 spiro atoms. The van der Waals surface area contributed by atoms with Crippen LogP contribution >= 0.6 is 0 Å². The molecule has 0 saturated carbocycles. The molecule has 23 heavy (non-hydrogen) atoms. The minimum Gasteiger partial charge on any atom is -0.379 e. The van der Waals surface area contributed by atoms with Gasteiger partial charge in [0, 0.05) is 57.9 Å². The highest BCUT2D eigenvalue weighted by Gasteiger charge is 2.40. The lowest BCUT2D eigenvalue weighted by molar-refractivity contribution is -0.134. The maximum atomic E-state index is 12.5. The summed E-state index contributed by atoms with van der Waals surface area (Å²) in [4.78, 5) is 17.0. The zero-order valence-corrected chi connectivity index (χ0v) is 13.7. The molecule has 126 valence electrons. The second kappa shape index (κ2) is 7.41. The first-order valence-corrected chi connectivity index (χ1v) is 8.69. The van der Waals surface area contributed by atoms with E-state index in [1.54, 1.807) is 0 Å². The van der Waals surface area contributed by atoms with Gasteiger partial charge in [-0.05, 0) is 12.8 Å². The van der Waals surface area contributed by atoms with Crippen LogP contribution in [0.1, 0.15) is 38.5 Å². The number of hydrogen-bond acceptors (Lipinski definition) is 5. The molecule has 6 nitrogen and oxygen atoms in total. The number of carbonyl (C=O) groups excluding carboxylic acids is 1. The summed E-state index contributed by atoms with van der Waals surface area (Å²) < 4.78 is 5.42. The number of carbonyl (C=O) groups is 1. The average Bonchev–Trinajstić information content (AvgIpc) is 3.39. The van der Waals surface area contributed by atoms with Gasteiger partial charge < -0.3 is 9.64 Å². The quantitative estimate of drug-likeness (QED) is 0.700. The van der Waals surface area contributed by atoms with Crippen LogP contribution in [0.4, 0.5) is 0 Å². The van der Waals surface area contributed by atoms with Crippen molar-refractivity contribution >= 4 is 5.91 Å². The summed E-state index contributed by atoms with van der Waals surface area (Å²) in [6.07, 6.45) is 10.2. The summed E-state index contributed by atoms with van der Waals surface area (Å²) in [6, 6.07) is 0.488. The molecule has 0 aliphatic carbocycles. The molecule has 0 aromatic rings. The van der Waals surface area contributed by atoms with Crippen LogP contribution in [0.15, 0.2) is 10.2 Å². The number of nitrogens with zero attached hydrogens (tertiary/aromatic N) is 4. The number of hydrogen-bond donors (Lipinski definition) is 0. The largest absolute Gasteiger partial charge is 0.379 e. The Morgan fingerprint density at radius 2 is 2.04 bits per heavy atom. The van der Waals surface area contributed by atoms with Gasteiger partial charge in [-0.15, -0.1) is 12.3 Å². The van der Waals surface area contributed by atoms with E-state index in [-0.39, 0.29) is 11.6 Å². The Balaban J connectivity index is 1.44. The van der Waals surface area contributed by atoms with Crippen LogP contribution in [-0.4, -0.2) is 66.8 Å². The molecule has 0 aromatic heterocycles. The van der Waals surface area contributed by atoms with Gasteiger partial charge in [-0.25, -0.2) is 0 Å². The van der Waals surface area contributed by atoms with Gasteiger partial charge in [-0.1, -0.05) is 0 Å². The lowest BCUT2D eigenvalue weighted by Crippen LogP contribution is -2.52. The molecule has 0 aromatic carbocycles. The van der Waals surface area contributed by atoms with Crippen molar-refractivity contribution in [3.63, 3.8) is 0 Å². The number of piperidine rings is 1. The first kappa shape index (κ1) is 16.4. The molecule has 6 heteroatoms. The summed E-state index contributed by atoms with van der Waals surface area (Å²) in [7, 11) is 0. The van der Waals surface area contributed by atoms with Gasteiger partial charge in [-0.3, -0.25) is 9.69 Å². The third-order valence-electron chi connectivity index (χ3n) is 5.10. The van der Waals surface area contributed by atoms with Crippen molar-refractivity contribution in [2.45, 2.75) is 50.2 Å². The molecule has 3 rings (SSSR count). The zero-order valence-electron chi connectivity index (χ0n) is 13.7. The van der Waals surface area contributed by atoms with Crippen LogP contribution in [0.25, 0.3) is 0 Å². The number of ether oxygens (including phenoxy) is 1. The summed E-state index contributed by atoms with van der Waals surface area (Å²) in [6.45, 7) is 5.32. The fourth-order valence-corrected chi connectivity index (χ4v) is 3.56. The average molecular weight is 318 g/mol. The second-order valence-electron chi connectivity index (χ2n) is 6.67. The number of likely N-dealkylation sites (tertiary alicyclic amines) is 1. The minimum atomic E-state index is -0.346. The molecular formula is C17H26N4O2. The van der Waals surface area contributed by atoms with Gasteiger partial charge in [0.25, 0.3) is 0 Å². The van der Waals surface area contributed by atoms with E-state index in [4.69, 9.17) is 11.2 Å². The van der Waals surface area contributed by atoms with Crippen LogP contribution in [0.2, 0.25) is 0 Å². The summed E-state index contributed by atoms with van der Waals surface area (Å²) in [5.74, 6) is 2.86. The van der Waals surface area contributed by atoms with Gasteiger partial charge in [0.05, 0.1) is 13.2 Å². The lowest BCUT2D eigenvalue weighted by atomic mass is 10.00. The highest BCUT2D eigenvalue weighted by Crippen LogP contribution is 2.37. The van der Waals surface area contributed by atoms with Crippen LogP contribution < -0.4 is 0 Å². The molecule has 3 aliphatic rings. The first-order valence-electron chi connectivity index (χ1n) is 8.69. The maximum absolute atomic E-state index is 12.5. The third-order valence-corrected chi connectivity index (χ3v) is 5.10. The normalized spacial score (nSPS) is 26.7. The molecule has 2 saturated heterocycles. The lowest BCUT2D eigenvalue weighted by Gasteiger charge is -2.41. The zero-order chi connectivity index (χ0) is 16.1. The van der Waals surface area contributed by atoms with E-state index in [2.05, 4.69) is 21.0 Å². The maximum Gasteiger partial charge on any atom is 0.222 e. The predicted octanol–water partition coefficient (Wildman–Crippen LogP) is 1.67. The van der Waals surface area contributed by atoms with Crippen molar-refractivity contribution in [2.75, 3.05) is 39.4 Å². The Hall–Kier alpha value is -1.45. The van der Waals surface area contributed by atoms with Crippen molar-refractivity contribution in [2.24, 2.45) is 10.2 Å². The standard InChI is InChI=1S/C17H26N4O2/c1-2-3-7-17(18-19-17)8-6-16(22)21-9-4-5-15(14-21)20-10-12-23-13-11-20/h1,15H,3-14H2. The summed E-state index contributed by atoms with van der Waals surface area (Å²) in [5, 5.41) is 8.23. The smallest absolute Gasteiger partial charge is 0.222 e. The molecule has 0 N–H and O–H groups in total. The van der Waals surface area contributed by atoms with E-state index >= 15 is 0 Å². The van der Waals surface area contributed by atoms with E-state index in [0.717, 1.165) is 52.2 Å². The minimum absolute atomic E-state index is 0.236. The molecule has 1 unspecified atom stereocenters. The van der Waals surface area contributed by atoms with Gasteiger partial charge in [-0.2, -0.15) is 10.2 Å². The van der Waals surface area contributed by atoms with Crippen molar-refractivity contribution in [1.29, 1.82) is 0 Å². The van der Waals surface area contributed by atoms with Crippen molar-refractivity contribution in [3.05, 3.63) is 0 Å². The van der Waals surface area contributed by atoms with E-state index in [9.17, 15) is 4.79 Å². The highest BCUT2D eigenvalue weighted by atomic mass is 16.5. The fourth-order valence-electron chi connectivity index (χ4n) is 3.56. The van der Waals surface area contributed by atoms with Gasteiger partial charge in [0.2, 0.25) is 5.91 Å². The molecule has 3 aliphatic heterocycles. The van der Waals surface area contributed by atoms with E-state index in [1.165, 1.54) is 6.42 Å². The number of amides is 1. The molecule has 0 bridgehead atoms. The van der Waals surface area contributed by atoms with Crippen molar-refractivity contribution < 1.29 is 9.53 Å². The predicted molar refractivity (Wildman–Crippen MR) is 86.9 cm³/mol. The molecule has 1 atom stereocenters.